The van der Waals surface area contributed by atoms with E-state index in [1.807, 2.05) is 37.3 Å². The first kappa shape index (κ1) is 25.6. The quantitative estimate of drug-likeness (QED) is 0.325. The van der Waals surface area contributed by atoms with Crippen LogP contribution in [0.5, 0.6) is 17.2 Å². The Morgan fingerprint density at radius 2 is 1.81 bits per heavy atom. The molecule has 1 aliphatic rings. The Morgan fingerprint density at radius 3 is 2.53 bits per heavy atom. The van der Waals surface area contributed by atoms with Crippen molar-refractivity contribution in [2.24, 2.45) is 5.92 Å². The molecule has 1 heterocycles. The van der Waals surface area contributed by atoms with Crippen LogP contribution in [0.25, 0.3) is 11.1 Å². The summed E-state index contributed by atoms with van der Waals surface area (Å²) in [5.41, 5.74) is 6.62. The van der Waals surface area contributed by atoms with Crippen LogP contribution in [0.3, 0.4) is 0 Å². The fourth-order valence-corrected chi connectivity index (χ4v) is 4.70. The Bertz CT molecular complexity index is 1190. The third kappa shape index (κ3) is 5.82. The first-order valence-corrected chi connectivity index (χ1v) is 12.4. The largest absolute Gasteiger partial charge is 0.492 e. The second-order valence-electron chi connectivity index (χ2n) is 9.21. The zero-order chi connectivity index (χ0) is 25.7. The van der Waals surface area contributed by atoms with Gasteiger partial charge in [0.05, 0.1) is 19.1 Å². The molecule has 3 aromatic rings. The minimum Gasteiger partial charge on any atom is -0.492 e. The van der Waals surface area contributed by atoms with Crippen molar-refractivity contribution < 1.29 is 28.8 Å². The third-order valence-electron chi connectivity index (χ3n) is 6.62. The van der Waals surface area contributed by atoms with Crippen LogP contribution in [0.4, 0.5) is 0 Å². The van der Waals surface area contributed by atoms with Crippen LogP contribution in [-0.2, 0) is 16.1 Å². The van der Waals surface area contributed by atoms with Gasteiger partial charge in [-0.25, -0.2) is 0 Å². The molecule has 0 bridgehead atoms. The second-order valence-corrected chi connectivity index (χ2v) is 9.21. The number of aryl methyl sites for hydroxylation is 2. The lowest BCUT2D eigenvalue weighted by molar-refractivity contribution is -0.142. The minimum absolute atomic E-state index is 0.142. The molecule has 3 aromatic carbocycles. The summed E-state index contributed by atoms with van der Waals surface area (Å²) in [6, 6.07) is 18.2. The molecule has 0 radical (unpaired) electrons. The standard InChI is InChI=1S/C30H34O6/c1-5-33-11-12-34-25-13-19(2)29(20(3)14-25)23-8-6-7-22(15-23)17-35-24-9-10-26-27(21(4)30(31)32)18-36-28(26)16-24/h6-10,13-16,21,27H,5,11-12,17-18H2,1-4H3,(H,31,32). The lowest BCUT2D eigenvalue weighted by atomic mass is 9.89. The normalized spacial score (nSPS) is 15.2. The van der Waals surface area contributed by atoms with Gasteiger partial charge >= 0.3 is 5.97 Å². The van der Waals surface area contributed by atoms with Gasteiger partial charge in [0.1, 0.15) is 30.5 Å². The maximum atomic E-state index is 11.4. The molecule has 190 valence electrons. The van der Waals surface area contributed by atoms with Crippen molar-refractivity contribution in [3.05, 3.63) is 76.9 Å². The molecule has 0 saturated heterocycles. The molecule has 0 aliphatic carbocycles. The smallest absolute Gasteiger partial charge is 0.306 e. The molecular formula is C30H34O6. The van der Waals surface area contributed by atoms with Crippen LogP contribution < -0.4 is 14.2 Å². The number of ether oxygens (including phenoxy) is 4. The summed E-state index contributed by atoms with van der Waals surface area (Å²) in [7, 11) is 0. The van der Waals surface area contributed by atoms with Gasteiger partial charge in [-0.05, 0) is 72.9 Å². The topological polar surface area (TPSA) is 74.2 Å². The number of benzene rings is 3. The predicted octanol–water partition coefficient (Wildman–Crippen LogP) is 6.16. The number of fused-ring (bicyclic) bond motifs is 1. The molecule has 4 rings (SSSR count). The maximum Gasteiger partial charge on any atom is 0.306 e. The maximum absolute atomic E-state index is 11.4. The van der Waals surface area contributed by atoms with Gasteiger partial charge in [0.2, 0.25) is 0 Å². The number of rotatable bonds is 11. The number of carboxylic acids is 1. The van der Waals surface area contributed by atoms with Crippen LogP contribution >= 0.6 is 0 Å². The van der Waals surface area contributed by atoms with Crippen LogP contribution in [-0.4, -0.2) is 37.5 Å². The fourth-order valence-electron chi connectivity index (χ4n) is 4.70. The van der Waals surface area contributed by atoms with E-state index in [2.05, 4.69) is 38.1 Å². The number of hydrogen-bond acceptors (Lipinski definition) is 5. The molecule has 1 aliphatic heterocycles. The average Bonchev–Trinajstić information content (AvgIpc) is 3.28. The fraction of sp³-hybridized carbons (Fsp3) is 0.367. The zero-order valence-electron chi connectivity index (χ0n) is 21.4. The molecule has 2 atom stereocenters. The molecule has 0 amide bonds. The van der Waals surface area contributed by atoms with E-state index in [1.165, 1.54) is 5.56 Å². The summed E-state index contributed by atoms with van der Waals surface area (Å²) < 4.78 is 23.0. The van der Waals surface area contributed by atoms with Crippen LogP contribution in [0.2, 0.25) is 0 Å². The number of aliphatic carboxylic acids is 1. The Balaban J connectivity index is 1.44. The van der Waals surface area contributed by atoms with Crippen LogP contribution in [0, 0.1) is 19.8 Å². The van der Waals surface area contributed by atoms with Gasteiger partial charge in [0.15, 0.2) is 0 Å². The second kappa shape index (κ2) is 11.5. The van der Waals surface area contributed by atoms with Crippen molar-refractivity contribution in [2.75, 3.05) is 26.4 Å². The van der Waals surface area contributed by atoms with E-state index in [4.69, 9.17) is 18.9 Å². The van der Waals surface area contributed by atoms with Gasteiger partial charge in [-0.2, -0.15) is 0 Å². The molecule has 1 N–H and O–H groups in total. The summed E-state index contributed by atoms with van der Waals surface area (Å²) in [6.45, 7) is 10.5. The van der Waals surface area contributed by atoms with Gasteiger partial charge in [-0.1, -0.05) is 31.2 Å². The highest BCUT2D eigenvalue weighted by molar-refractivity contribution is 5.73. The highest BCUT2D eigenvalue weighted by atomic mass is 16.5. The van der Waals surface area contributed by atoms with Crippen molar-refractivity contribution >= 4 is 5.97 Å². The Kier molecular flexibility index (Phi) is 8.16. The van der Waals surface area contributed by atoms with E-state index in [0.29, 0.717) is 44.5 Å². The van der Waals surface area contributed by atoms with E-state index >= 15 is 0 Å². The lowest BCUT2D eigenvalue weighted by Crippen LogP contribution is -2.19. The Labute approximate surface area is 212 Å². The molecule has 2 unspecified atom stereocenters. The highest BCUT2D eigenvalue weighted by Gasteiger charge is 2.33. The summed E-state index contributed by atoms with van der Waals surface area (Å²) >= 11 is 0. The third-order valence-corrected chi connectivity index (χ3v) is 6.62. The first-order chi connectivity index (χ1) is 17.4. The van der Waals surface area contributed by atoms with Gasteiger partial charge in [0.25, 0.3) is 0 Å². The van der Waals surface area contributed by atoms with Gasteiger partial charge < -0.3 is 24.1 Å². The summed E-state index contributed by atoms with van der Waals surface area (Å²) in [4.78, 5) is 11.4. The summed E-state index contributed by atoms with van der Waals surface area (Å²) in [5.74, 6) is 0.801. The Hall–Kier alpha value is -3.51. The van der Waals surface area contributed by atoms with Crippen molar-refractivity contribution in [2.45, 2.75) is 40.2 Å². The van der Waals surface area contributed by atoms with E-state index < -0.39 is 11.9 Å². The molecule has 6 heteroatoms. The Morgan fingerprint density at radius 1 is 1.03 bits per heavy atom. The lowest BCUT2D eigenvalue weighted by Gasteiger charge is -2.15. The van der Waals surface area contributed by atoms with Crippen molar-refractivity contribution in [3.63, 3.8) is 0 Å². The van der Waals surface area contributed by atoms with E-state index in [0.717, 1.165) is 33.6 Å². The molecule has 0 aromatic heterocycles. The monoisotopic (exact) mass is 490 g/mol. The zero-order valence-corrected chi connectivity index (χ0v) is 21.4. The molecule has 0 saturated carbocycles. The number of carboxylic acid groups (broad SMARTS) is 1. The first-order valence-electron chi connectivity index (χ1n) is 12.4. The SMILES string of the molecule is CCOCCOc1cc(C)c(-c2cccc(COc3ccc4c(c3)OCC4C(C)C(=O)O)c2)c(C)c1. The van der Waals surface area contributed by atoms with E-state index in [9.17, 15) is 9.90 Å². The van der Waals surface area contributed by atoms with Gasteiger partial charge in [-0.3, -0.25) is 4.79 Å². The molecular weight excluding hydrogens is 456 g/mol. The predicted molar refractivity (Wildman–Crippen MR) is 139 cm³/mol. The minimum atomic E-state index is -0.814. The van der Waals surface area contributed by atoms with E-state index in [-0.39, 0.29) is 5.92 Å². The van der Waals surface area contributed by atoms with Gasteiger partial charge in [0, 0.05) is 24.2 Å². The van der Waals surface area contributed by atoms with Crippen molar-refractivity contribution in [1.82, 2.24) is 0 Å². The van der Waals surface area contributed by atoms with Crippen LogP contribution in [0.1, 0.15) is 42.0 Å². The molecule has 0 fully saturated rings. The van der Waals surface area contributed by atoms with Crippen molar-refractivity contribution in [1.29, 1.82) is 0 Å². The number of carbonyl (C=O) groups is 1. The molecule has 36 heavy (non-hydrogen) atoms. The van der Waals surface area contributed by atoms with Gasteiger partial charge in [-0.15, -0.1) is 0 Å². The van der Waals surface area contributed by atoms with E-state index in [1.54, 1.807) is 6.92 Å². The summed E-state index contributed by atoms with van der Waals surface area (Å²) in [6.07, 6.45) is 0. The van der Waals surface area contributed by atoms with Crippen molar-refractivity contribution in [3.8, 4) is 28.4 Å². The number of hydrogen-bond donors (Lipinski definition) is 1. The molecule has 0 spiro atoms. The highest BCUT2D eigenvalue weighted by Crippen LogP contribution is 2.40. The summed E-state index contributed by atoms with van der Waals surface area (Å²) in [5, 5.41) is 9.35. The average molecular weight is 491 g/mol. The van der Waals surface area contributed by atoms with Crippen LogP contribution in [0.15, 0.2) is 54.6 Å². The molecule has 6 nitrogen and oxygen atoms in total.